The first-order valence-corrected chi connectivity index (χ1v) is 6.28. The number of hydrogen-bond acceptors (Lipinski definition) is 6. The average Bonchev–Trinajstić information content (AvgIpc) is 3.04. The number of nitrogens with one attached hydrogen (secondary N) is 1. The molecule has 0 spiro atoms. The fourth-order valence-electron chi connectivity index (χ4n) is 2.01. The van der Waals surface area contributed by atoms with Gasteiger partial charge in [-0.2, -0.15) is 5.10 Å². The molecule has 0 bridgehead atoms. The first-order chi connectivity index (χ1) is 10.1. The third-order valence-electron chi connectivity index (χ3n) is 3.01. The molecule has 0 saturated heterocycles. The van der Waals surface area contributed by atoms with E-state index in [0.29, 0.717) is 29.3 Å². The molecule has 8 nitrogen and oxygen atoms in total. The molecule has 1 aliphatic heterocycles. The number of aromatic hydroxyl groups is 1. The Bertz CT molecular complexity index is 683. The Morgan fingerprint density at radius 3 is 2.95 bits per heavy atom. The van der Waals surface area contributed by atoms with Crippen LogP contribution in [0.2, 0.25) is 0 Å². The molecule has 2 heterocycles. The van der Waals surface area contributed by atoms with Gasteiger partial charge in [0.05, 0.1) is 11.9 Å². The molecule has 3 rings (SSSR count). The Morgan fingerprint density at radius 1 is 1.43 bits per heavy atom. The van der Waals surface area contributed by atoms with E-state index in [1.165, 1.54) is 10.7 Å². The lowest BCUT2D eigenvalue weighted by Gasteiger charge is -2.07. The summed E-state index contributed by atoms with van der Waals surface area (Å²) in [7, 11) is 0. The molecule has 0 unspecified atom stereocenters. The molecule has 0 radical (unpaired) electrons. The van der Waals surface area contributed by atoms with Crippen LogP contribution in [0.3, 0.4) is 0 Å². The monoisotopic (exact) mass is 290 g/mol. The minimum Gasteiger partial charge on any atom is -0.507 e. The van der Waals surface area contributed by atoms with E-state index in [0.717, 1.165) is 0 Å². The van der Waals surface area contributed by atoms with Gasteiger partial charge in [0.2, 0.25) is 12.7 Å². The Balaban J connectivity index is 1.67. The molecule has 0 aliphatic carbocycles. The van der Waals surface area contributed by atoms with Crippen LogP contribution in [0.5, 0.6) is 17.2 Å². The SMILES string of the molecule is NC(=O)Cn1cc(NCc2cc3c(cc2O)OCO3)cn1. The van der Waals surface area contributed by atoms with Crippen molar-refractivity contribution in [3.63, 3.8) is 0 Å². The van der Waals surface area contributed by atoms with Gasteiger partial charge < -0.3 is 25.6 Å². The van der Waals surface area contributed by atoms with Crippen LogP contribution >= 0.6 is 0 Å². The summed E-state index contributed by atoms with van der Waals surface area (Å²) in [6.07, 6.45) is 3.24. The number of phenolic OH excluding ortho intramolecular Hbond substituents is 1. The average molecular weight is 290 g/mol. The fourth-order valence-corrected chi connectivity index (χ4v) is 2.01. The predicted octanol–water partition coefficient (Wildman–Crippen LogP) is 0.415. The van der Waals surface area contributed by atoms with E-state index in [4.69, 9.17) is 15.2 Å². The number of nitrogens with two attached hydrogens (primary N) is 1. The van der Waals surface area contributed by atoms with E-state index in [1.807, 2.05) is 0 Å². The molecule has 4 N–H and O–H groups in total. The minimum atomic E-state index is -0.460. The van der Waals surface area contributed by atoms with Gasteiger partial charge in [-0.3, -0.25) is 9.48 Å². The molecule has 1 aliphatic rings. The van der Waals surface area contributed by atoms with Gasteiger partial charge in [-0.05, 0) is 6.07 Å². The quantitative estimate of drug-likeness (QED) is 0.735. The van der Waals surface area contributed by atoms with Gasteiger partial charge in [-0.1, -0.05) is 0 Å². The lowest BCUT2D eigenvalue weighted by Crippen LogP contribution is -2.18. The maximum absolute atomic E-state index is 10.8. The van der Waals surface area contributed by atoms with Crippen molar-refractivity contribution in [2.45, 2.75) is 13.1 Å². The number of fused-ring (bicyclic) bond motifs is 1. The summed E-state index contributed by atoms with van der Waals surface area (Å²) in [5, 5.41) is 17.0. The lowest BCUT2D eigenvalue weighted by molar-refractivity contribution is -0.118. The molecule has 1 aromatic heterocycles. The summed E-state index contributed by atoms with van der Waals surface area (Å²) in [4.78, 5) is 10.8. The van der Waals surface area contributed by atoms with E-state index in [-0.39, 0.29) is 19.1 Å². The zero-order chi connectivity index (χ0) is 14.8. The number of nitrogens with zero attached hydrogens (tertiary/aromatic N) is 2. The van der Waals surface area contributed by atoms with Crippen LogP contribution in [0.25, 0.3) is 0 Å². The number of hydrogen-bond donors (Lipinski definition) is 3. The second kappa shape index (κ2) is 5.23. The molecule has 110 valence electrons. The van der Waals surface area contributed by atoms with Crippen LogP contribution in [-0.4, -0.2) is 27.6 Å². The summed E-state index contributed by atoms with van der Waals surface area (Å²) >= 11 is 0. The van der Waals surface area contributed by atoms with Crippen LogP contribution in [0.15, 0.2) is 24.5 Å². The molecule has 8 heteroatoms. The number of aromatic nitrogens is 2. The number of ether oxygens (including phenoxy) is 2. The minimum absolute atomic E-state index is 0.0248. The Hall–Kier alpha value is -2.90. The molecule has 1 amide bonds. The first kappa shape index (κ1) is 13.1. The number of amides is 1. The Labute approximate surface area is 120 Å². The molecule has 0 saturated carbocycles. The maximum atomic E-state index is 10.8. The van der Waals surface area contributed by atoms with Crippen molar-refractivity contribution in [3.05, 3.63) is 30.1 Å². The second-order valence-electron chi connectivity index (χ2n) is 4.58. The number of phenols is 1. The van der Waals surface area contributed by atoms with E-state index >= 15 is 0 Å². The molecule has 1 aromatic carbocycles. The number of rotatable bonds is 5. The highest BCUT2D eigenvalue weighted by Crippen LogP contribution is 2.37. The number of anilines is 1. The van der Waals surface area contributed by atoms with Crippen molar-refractivity contribution in [1.82, 2.24) is 9.78 Å². The second-order valence-corrected chi connectivity index (χ2v) is 4.58. The van der Waals surface area contributed by atoms with Crippen molar-refractivity contribution < 1.29 is 19.4 Å². The largest absolute Gasteiger partial charge is 0.507 e. The van der Waals surface area contributed by atoms with Crippen LogP contribution < -0.4 is 20.5 Å². The van der Waals surface area contributed by atoms with Gasteiger partial charge >= 0.3 is 0 Å². The standard InChI is InChI=1S/C13H14N4O4/c14-13(19)6-17-5-9(4-16-17)15-3-8-1-11-12(2-10(8)18)21-7-20-11/h1-2,4-5,15,18H,3,6-7H2,(H2,14,19). The fraction of sp³-hybridized carbons (Fsp3) is 0.231. The van der Waals surface area contributed by atoms with Crippen LogP contribution in [0.1, 0.15) is 5.56 Å². The van der Waals surface area contributed by atoms with E-state index in [9.17, 15) is 9.90 Å². The molecule has 0 fully saturated rings. The number of primary amides is 1. The number of carbonyl (C=O) groups excluding carboxylic acids is 1. The van der Waals surface area contributed by atoms with Crippen LogP contribution in [0, 0.1) is 0 Å². The van der Waals surface area contributed by atoms with Gasteiger partial charge in [0.25, 0.3) is 0 Å². The van der Waals surface area contributed by atoms with Crippen molar-refractivity contribution in [2.75, 3.05) is 12.1 Å². The molecule has 0 atom stereocenters. The summed E-state index contributed by atoms with van der Waals surface area (Å²) in [6, 6.07) is 3.24. The van der Waals surface area contributed by atoms with Gasteiger partial charge in [-0.15, -0.1) is 0 Å². The van der Waals surface area contributed by atoms with Crippen molar-refractivity contribution >= 4 is 11.6 Å². The topological polar surface area (TPSA) is 112 Å². The van der Waals surface area contributed by atoms with Gasteiger partial charge in [-0.25, -0.2) is 0 Å². The normalized spacial score (nSPS) is 12.4. The zero-order valence-corrected chi connectivity index (χ0v) is 11.1. The summed E-state index contributed by atoms with van der Waals surface area (Å²) in [5.41, 5.74) is 6.48. The third kappa shape index (κ3) is 2.83. The highest BCUT2D eigenvalue weighted by Gasteiger charge is 2.16. The third-order valence-corrected chi connectivity index (χ3v) is 3.01. The zero-order valence-electron chi connectivity index (χ0n) is 11.1. The van der Waals surface area contributed by atoms with Gasteiger partial charge in [0.1, 0.15) is 12.3 Å². The predicted molar refractivity (Wildman–Crippen MR) is 73.0 cm³/mol. The highest BCUT2D eigenvalue weighted by molar-refractivity contribution is 5.73. The number of carbonyl (C=O) groups is 1. The van der Waals surface area contributed by atoms with Crippen molar-refractivity contribution in [2.24, 2.45) is 5.73 Å². The Kier molecular flexibility index (Phi) is 3.27. The molecular weight excluding hydrogens is 276 g/mol. The summed E-state index contributed by atoms with van der Waals surface area (Å²) < 4.78 is 11.9. The first-order valence-electron chi connectivity index (χ1n) is 6.28. The summed E-state index contributed by atoms with van der Waals surface area (Å²) in [5.74, 6) is 0.800. The van der Waals surface area contributed by atoms with Crippen molar-refractivity contribution in [3.8, 4) is 17.2 Å². The molecule has 2 aromatic rings. The van der Waals surface area contributed by atoms with E-state index in [2.05, 4.69) is 10.4 Å². The highest BCUT2D eigenvalue weighted by atomic mass is 16.7. The smallest absolute Gasteiger partial charge is 0.239 e. The van der Waals surface area contributed by atoms with Gasteiger partial charge in [0, 0.05) is 24.4 Å². The Morgan fingerprint density at radius 2 is 2.19 bits per heavy atom. The van der Waals surface area contributed by atoms with Crippen molar-refractivity contribution in [1.29, 1.82) is 0 Å². The van der Waals surface area contributed by atoms with Crippen LogP contribution in [-0.2, 0) is 17.9 Å². The van der Waals surface area contributed by atoms with Gasteiger partial charge in [0.15, 0.2) is 11.5 Å². The van der Waals surface area contributed by atoms with Crippen LogP contribution in [0.4, 0.5) is 5.69 Å². The van der Waals surface area contributed by atoms with E-state index in [1.54, 1.807) is 18.5 Å². The summed E-state index contributed by atoms with van der Waals surface area (Å²) in [6.45, 7) is 0.563. The maximum Gasteiger partial charge on any atom is 0.239 e. The lowest BCUT2D eigenvalue weighted by atomic mass is 10.1. The molecular formula is C13H14N4O4. The van der Waals surface area contributed by atoms with E-state index < -0.39 is 5.91 Å². The number of benzene rings is 1. The molecule has 21 heavy (non-hydrogen) atoms.